The van der Waals surface area contributed by atoms with Crippen molar-refractivity contribution in [2.75, 3.05) is 33.8 Å². The number of hydrogen-bond acceptors (Lipinski definition) is 4. The van der Waals surface area contributed by atoms with E-state index in [0.29, 0.717) is 18.3 Å². The van der Waals surface area contributed by atoms with Crippen molar-refractivity contribution in [1.82, 2.24) is 5.32 Å². The number of amides is 1. The topological polar surface area (TPSA) is 98.5 Å². The minimum Gasteiger partial charge on any atom is -1.00 e. The third kappa shape index (κ3) is 5.05. The highest BCUT2D eigenvalue weighted by Gasteiger charge is 2.36. The first-order chi connectivity index (χ1) is 11.2. The quantitative estimate of drug-likeness (QED) is 0.352. The van der Waals surface area contributed by atoms with Crippen LogP contribution in [0.1, 0.15) is 30.1 Å². The first-order valence-corrected chi connectivity index (χ1v) is 9.59. The molecule has 25 heavy (non-hydrogen) atoms. The minimum absolute atomic E-state index is 0. The van der Waals surface area contributed by atoms with Crippen LogP contribution in [-0.4, -0.2) is 58.6 Å². The Hall–Kier alpha value is -0.910. The van der Waals surface area contributed by atoms with Gasteiger partial charge in [-0.15, -0.1) is 0 Å². The fourth-order valence-electron chi connectivity index (χ4n) is 3.27. The van der Waals surface area contributed by atoms with E-state index in [4.69, 9.17) is 9.88 Å². The van der Waals surface area contributed by atoms with Crippen molar-refractivity contribution < 1.29 is 46.4 Å². The van der Waals surface area contributed by atoms with E-state index < -0.39 is 10.0 Å². The molecule has 142 valence electrons. The van der Waals surface area contributed by atoms with Crippen molar-refractivity contribution >= 4 is 15.9 Å². The molecule has 1 aliphatic rings. The van der Waals surface area contributed by atoms with Crippen LogP contribution in [0.3, 0.4) is 0 Å². The maximum Gasteiger partial charge on any atom is 0.255 e. The molecule has 2 unspecified atom stereocenters. The van der Waals surface area contributed by atoms with Crippen LogP contribution in [0, 0.1) is 0 Å². The molecule has 2 rings (SSSR count). The lowest BCUT2D eigenvalue weighted by molar-refractivity contribution is -0.918. The van der Waals surface area contributed by atoms with Crippen LogP contribution in [0.15, 0.2) is 23.1 Å². The molecule has 7 nitrogen and oxygen atoms in total. The molecule has 2 atom stereocenters. The minimum atomic E-state index is -3.88. The summed E-state index contributed by atoms with van der Waals surface area (Å²) in [6.45, 7) is 4.83. The van der Waals surface area contributed by atoms with Gasteiger partial charge in [-0.05, 0) is 25.1 Å². The molecule has 0 aromatic heterocycles. The number of likely N-dealkylation sites (N-methyl/N-ethyl adjacent to an activating group) is 1. The second kappa shape index (κ2) is 8.65. The Labute approximate surface area is 166 Å². The summed E-state index contributed by atoms with van der Waals surface area (Å²) in [7, 11) is -0.240. The molecular formula is C16H26IN3O4S. The highest BCUT2D eigenvalue weighted by atomic mass is 127. The van der Waals surface area contributed by atoms with E-state index in [-0.39, 0.29) is 40.3 Å². The zero-order chi connectivity index (χ0) is 18.0. The normalized spacial score (nSPS) is 23.0. The average molecular weight is 483 g/mol. The molecule has 1 heterocycles. The number of likely N-dealkylation sites (tertiary alicyclic amines) is 1. The molecular weight excluding hydrogens is 457 g/mol. The number of benzene rings is 1. The molecule has 1 aromatic carbocycles. The fourth-order valence-corrected chi connectivity index (χ4v) is 3.81. The highest BCUT2D eigenvalue weighted by Crippen LogP contribution is 2.25. The molecule has 0 saturated carbocycles. The van der Waals surface area contributed by atoms with Crippen LogP contribution in [-0.2, 0) is 10.0 Å². The zero-order valence-corrected chi connectivity index (χ0v) is 17.8. The third-order valence-corrected chi connectivity index (χ3v) is 5.96. The van der Waals surface area contributed by atoms with Gasteiger partial charge in [-0.2, -0.15) is 0 Å². The van der Waals surface area contributed by atoms with E-state index in [1.54, 1.807) is 0 Å². The maximum atomic E-state index is 12.5. The van der Waals surface area contributed by atoms with Gasteiger partial charge < -0.3 is 38.5 Å². The van der Waals surface area contributed by atoms with Crippen molar-refractivity contribution in [1.29, 1.82) is 0 Å². The van der Waals surface area contributed by atoms with E-state index in [1.807, 2.05) is 0 Å². The summed E-state index contributed by atoms with van der Waals surface area (Å²) in [6.07, 6.45) is 2.22. The zero-order valence-electron chi connectivity index (χ0n) is 14.8. The van der Waals surface area contributed by atoms with Gasteiger partial charge in [0.2, 0.25) is 10.0 Å². The van der Waals surface area contributed by atoms with Gasteiger partial charge in [0.1, 0.15) is 11.8 Å². The summed E-state index contributed by atoms with van der Waals surface area (Å²) < 4.78 is 29.1. The SMILES string of the molecule is CC[N+]1(C)CCCC1CNC(=O)c1cc(S(N)(=O)=O)ccc1OC.[I-]. The van der Waals surface area contributed by atoms with Gasteiger partial charge >= 0.3 is 0 Å². The number of methoxy groups -OCH3 is 1. The highest BCUT2D eigenvalue weighted by molar-refractivity contribution is 7.89. The number of quaternary nitrogens is 1. The van der Waals surface area contributed by atoms with Gasteiger partial charge in [0, 0.05) is 12.8 Å². The van der Waals surface area contributed by atoms with Gasteiger partial charge in [-0.1, -0.05) is 0 Å². The van der Waals surface area contributed by atoms with E-state index in [9.17, 15) is 13.2 Å². The predicted octanol–water partition coefficient (Wildman–Crippen LogP) is -2.29. The van der Waals surface area contributed by atoms with Crippen LogP contribution in [0.25, 0.3) is 0 Å². The molecule has 3 N–H and O–H groups in total. The molecule has 1 aromatic rings. The number of carbonyl (C=O) groups is 1. The largest absolute Gasteiger partial charge is 1.00 e. The molecule has 1 amide bonds. The number of carbonyl (C=O) groups excluding carboxylic acids is 1. The van der Waals surface area contributed by atoms with E-state index in [2.05, 4.69) is 19.3 Å². The summed E-state index contributed by atoms with van der Waals surface area (Å²) in [6, 6.07) is 4.39. The lowest BCUT2D eigenvalue weighted by Crippen LogP contribution is -3.00. The van der Waals surface area contributed by atoms with Crippen molar-refractivity contribution in [3.63, 3.8) is 0 Å². The van der Waals surface area contributed by atoms with Crippen LogP contribution in [0.4, 0.5) is 0 Å². The lowest BCUT2D eigenvalue weighted by atomic mass is 10.1. The summed E-state index contributed by atoms with van der Waals surface area (Å²) in [5.74, 6) is -0.0361. The van der Waals surface area contributed by atoms with Crippen molar-refractivity contribution in [3.8, 4) is 5.75 Å². The summed E-state index contributed by atoms with van der Waals surface area (Å²) in [4.78, 5) is 12.4. The molecule has 1 fully saturated rings. The van der Waals surface area contributed by atoms with Crippen molar-refractivity contribution in [2.24, 2.45) is 5.14 Å². The molecule has 1 aliphatic heterocycles. The number of primary sulfonamides is 1. The molecule has 0 radical (unpaired) electrons. The van der Waals surface area contributed by atoms with E-state index in [1.165, 1.54) is 25.3 Å². The summed E-state index contributed by atoms with van der Waals surface area (Å²) in [5.41, 5.74) is 0.174. The molecule has 0 aliphatic carbocycles. The Morgan fingerprint density at radius 1 is 1.44 bits per heavy atom. The van der Waals surface area contributed by atoms with E-state index >= 15 is 0 Å². The second-order valence-electron chi connectivity index (χ2n) is 6.43. The van der Waals surface area contributed by atoms with Crippen LogP contribution in [0.2, 0.25) is 0 Å². The molecule has 0 bridgehead atoms. The number of hydrogen-bond donors (Lipinski definition) is 2. The summed E-state index contributed by atoms with van der Waals surface area (Å²) >= 11 is 0. The predicted molar refractivity (Wildman–Crippen MR) is 91.3 cm³/mol. The van der Waals surface area contributed by atoms with E-state index in [0.717, 1.165) is 30.4 Å². The van der Waals surface area contributed by atoms with Crippen molar-refractivity contribution in [2.45, 2.75) is 30.7 Å². The van der Waals surface area contributed by atoms with Gasteiger partial charge in [0.15, 0.2) is 0 Å². The maximum absolute atomic E-state index is 12.5. The van der Waals surface area contributed by atoms with Gasteiger partial charge in [-0.25, -0.2) is 13.6 Å². The van der Waals surface area contributed by atoms with Gasteiger partial charge in [0.25, 0.3) is 5.91 Å². The summed E-state index contributed by atoms with van der Waals surface area (Å²) in [5, 5.41) is 8.06. The first kappa shape index (κ1) is 22.1. The Morgan fingerprint density at radius 2 is 2.12 bits per heavy atom. The fraction of sp³-hybridized carbons (Fsp3) is 0.562. The van der Waals surface area contributed by atoms with Crippen LogP contribution >= 0.6 is 0 Å². The Kier molecular flexibility index (Phi) is 7.66. The van der Waals surface area contributed by atoms with Crippen LogP contribution in [0.5, 0.6) is 5.75 Å². The monoisotopic (exact) mass is 483 g/mol. The number of nitrogens with two attached hydrogens (primary N) is 1. The first-order valence-electron chi connectivity index (χ1n) is 8.04. The van der Waals surface area contributed by atoms with Gasteiger partial charge in [-0.3, -0.25) is 4.79 Å². The lowest BCUT2D eigenvalue weighted by Gasteiger charge is -2.35. The average Bonchev–Trinajstić information content (AvgIpc) is 2.92. The number of halogens is 1. The number of ether oxygens (including phenoxy) is 1. The van der Waals surface area contributed by atoms with Gasteiger partial charge in [0.05, 0.1) is 44.3 Å². The standard InChI is InChI=1S/C16H25N3O4S.HI/c1-4-19(2)9-5-6-12(19)11-18-16(20)14-10-13(24(17,21)22)7-8-15(14)23-3;/h7-8,10,12H,4-6,9,11H2,1-3H3,(H2-,17,18,20,21,22);1H. The smallest absolute Gasteiger partial charge is 0.255 e. The molecule has 0 spiro atoms. The third-order valence-electron chi connectivity index (χ3n) is 5.05. The number of nitrogens with one attached hydrogen (secondary N) is 1. The van der Waals surface area contributed by atoms with Crippen LogP contribution < -0.4 is 39.2 Å². The Morgan fingerprint density at radius 3 is 2.68 bits per heavy atom. The molecule has 1 saturated heterocycles. The Balaban J connectivity index is 0.00000312. The second-order valence-corrected chi connectivity index (χ2v) is 7.99. The van der Waals surface area contributed by atoms with Crippen molar-refractivity contribution in [3.05, 3.63) is 23.8 Å². The number of sulfonamides is 1. The Bertz CT molecular complexity index is 726. The number of nitrogens with zero attached hydrogens (tertiary/aromatic N) is 1. The molecule has 9 heteroatoms. The number of rotatable bonds is 6.